The summed E-state index contributed by atoms with van der Waals surface area (Å²) in [6.45, 7) is 0. The summed E-state index contributed by atoms with van der Waals surface area (Å²) in [7, 11) is 1.74. The first-order valence-electron chi connectivity index (χ1n) is 6.17. The van der Waals surface area contributed by atoms with Gasteiger partial charge in [0.25, 0.3) is 5.91 Å². The van der Waals surface area contributed by atoms with E-state index in [0.717, 1.165) is 11.3 Å². The van der Waals surface area contributed by atoms with Crippen molar-refractivity contribution in [3.8, 4) is 6.07 Å². The second-order valence-electron chi connectivity index (χ2n) is 4.50. The van der Waals surface area contributed by atoms with Crippen LogP contribution in [0.15, 0.2) is 53.5 Å². The molecule has 0 spiro atoms. The van der Waals surface area contributed by atoms with Crippen LogP contribution in [0.3, 0.4) is 0 Å². The van der Waals surface area contributed by atoms with Crippen LogP contribution in [-0.4, -0.2) is 18.7 Å². The zero-order valence-electron chi connectivity index (χ0n) is 10.9. The second kappa shape index (κ2) is 4.63. The molecule has 0 saturated carbocycles. The molecule has 20 heavy (non-hydrogen) atoms. The molecule has 0 fully saturated rings. The van der Waals surface area contributed by atoms with E-state index in [2.05, 4.69) is 11.1 Å². The highest BCUT2D eigenvalue weighted by Crippen LogP contribution is 2.29. The number of nitrogens with zero attached hydrogens (tertiary/aromatic N) is 3. The third kappa shape index (κ3) is 1.86. The van der Waals surface area contributed by atoms with Gasteiger partial charge in [0, 0.05) is 12.6 Å². The van der Waals surface area contributed by atoms with Crippen molar-refractivity contribution in [2.24, 2.45) is 4.99 Å². The lowest BCUT2D eigenvalue weighted by Gasteiger charge is -2.07. The van der Waals surface area contributed by atoms with Crippen LogP contribution in [0, 0.1) is 11.3 Å². The van der Waals surface area contributed by atoms with Crippen molar-refractivity contribution in [1.29, 1.82) is 5.26 Å². The fourth-order valence-electron chi connectivity index (χ4n) is 2.20. The molecule has 4 heteroatoms. The molecule has 0 bridgehead atoms. The Morgan fingerprint density at radius 2 is 1.80 bits per heavy atom. The maximum absolute atomic E-state index is 12.2. The lowest BCUT2D eigenvalue weighted by Crippen LogP contribution is -2.25. The molecule has 1 amide bonds. The molecular formula is C16H11N3O. The zero-order chi connectivity index (χ0) is 14.1. The van der Waals surface area contributed by atoms with Crippen molar-refractivity contribution in [2.45, 2.75) is 0 Å². The highest BCUT2D eigenvalue weighted by molar-refractivity contribution is 6.54. The van der Waals surface area contributed by atoms with Gasteiger partial charge in [-0.1, -0.05) is 18.2 Å². The minimum absolute atomic E-state index is 0.115. The monoisotopic (exact) mass is 261 g/mol. The van der Waals surface area contributed by atoms with Crippen LogP contribution in [0.1, 0.15) is 11.1 Å². The van der Waals surface area contributed by atoms with Gasteiger partial charge in [-0.25, -0.2) is 4.99 Å². The Morgan fingerprint density at radius 3 is 2.50 bits per heavy atom. The molecule has 2 aromatic rings. The van der Waals surface area contributed by atoms with Gasteiger partial charge >= 0.3 is 0 Å². The first-order valence-corrected chi connectivity index (χ1v) is 6.17. The molecule has 96 valence electrons. The fourth-order valence-corrected chi connectivity index (χ4v) is 2.20. The topological polar surface area (TPSA) is 56.5 Å². The SMILES string of the molecule is CN1C(=O)C(=Nc2ccc(C#N)cc2)c2ccccc21. The van der Waals surface area contributed by atoms with Gasteiger partial charge in [0.1, 0.15) is 5.71 Å². The number of nitriles is 1. The predicted octanol–water partition coefficient (Wildman–Crippen LogP) is 2.66. The van der Waals surface area contributed by atoms with Gasteiger partial charge in [0.2, 0.25) is 0 Å². The minimum Gasteiger partial charge on any atom is -0.309 e. The molecule has 3 rings (SSSR count). The zero-order valence-corrected chi connectivity index (χ0v) is 10.9. The molecule has 0 aromatic heterocycles. The van der Waals surface area contributed by atoms with E-state index in [-0.39, 0.29) is 5.91 Å². The van der Waals surface area contributed by atoms with Crippen molar-refractivity contribution >= 4 is 23.0 Å². The summed E-state index contributed by atoms with van der Waals surface area (Å²) in [6, 6.07) is 16.5. The number of aliphatic imine (C=N–C) groups is 1. The number of hydrogen-bond acceptors (Lipinski definition) is 3. The number of carbonyl (C=O) groups is 1. The van der Waals surface area contributed by atoms with E-state index in [1.54, 1.807) is 36.2 Å². The third-order valence-corrected chi connectivity index (χ3v) is 3.27. The molecule has 1 heterocycles. The molecule has 0 saturated heterocycles. The Morgan fingerprint density at radius 1 is 1.10 bits per heavy atom. The quantitative estimate of drug-likeness (QED) is 0.792. The molecular weight excluding hydrogens is 250 g/mol. The van der Waals surface area contributed by atoms with Gasteiger partial charge in [-0.3, -0.25) is 4.79 Å². The number of hydrogen-bond donors (Lipinski definition) is 0. The van der Waals surface area contributed by atoms with E-state index in [0.29, 0.717) is 17.0 Å². The smallest absolute Gasteiger partial charge is 0.277 e. The Balaban J connectivity index is 2.07. The number of anilines is 1. The number of para-hydroxylation sites is 1. The van der Waals surface area contributed by atoms with Gasteiger partial charge in [0.05, 0.1) is 23.0 Å². The summed E-state index contributed by atoms with van der Waals surface area (Å²) in [5.74, 6) is -0.115. The third-order valence-electron chi connectivity index (χ3n) is 3.27. The van der Waals surface area contributed by atoms with Gasteiger partial charge < -0.3 is 4.90 Å². The lowest BCUT2D eigenvalue weighted by atomic mass is 10.1. The number of fused-ring (bicyclic) bond motifs is 1. The van der Waals surface area contributed by atoms with Crippen molar-refractivity contribution < 1.29 is 4.79 Å². The van der Waals surface area contributed by atoms with Crippen molar-refractivity contribution in [2.75, 3.05) is 11.9 Å². The van der Waals surface area contributed by atoms with Gasteiger partial charge in [-0.05, 0) is 30.3 Å². The maximum atomic E-state index is 12.2. The molecule has 0 atom stereocenters. The van der Waals surface area contributed by atoms with E-state index in [9.17, 15) is 4.79 Å². The highest BCUT2D eigenvalue weighted by atomic mass is 16.2. The largest absolute Gasteiger partial charge is 0.309 e. The Kier molecular flexibility index (Phi) is 2.81. The molecule has 0 aliphatic carbocycles. The predicted molar refractivity (Wildman–Crippen MR) is 77.2 cm³/mol. The molecule has 2 aromatic carbocycles. The van der Waals surface area contributed by atoms with E-state index in [1.165, 1.54) is 0 Å². The van der Waals surface area contributed by atoms with Gasteiger partial charge in [-0.15, -0.1) is 0 Å². The standard InChI is InChI=1S/C16H11N3O/c1-19-14-5-3-2-4-13(14)15(16(19)20)18-12-8-6-11(10-17)7-9-12/h2-9H,1H3. The molecule has 0 N–H and O–H groups in total. The Hall–Kier alpha value is -2.93. The Labute approximate surface area is 116 Å². The summed E-state index contributed by atoms with van der Waals surface area (Å²) >= 11 is 0. The average molecular weight is 261 g/mol. The second-order valence-corrected chi connectivity index (χ2v) is 4.50. The molecule has 1 aliphatic heterocycles. The lowest BCUT2D eigenvalue weighted by molar-refractivity contribution is -0.111. The van der Waals surface area contributed by atoms with Crippen LogP contribution in [0.2, 0.25) is 0 Å². The fraction of sp³-hybridized carbons (Fsp3) is 0.0625. The number of carbonyl (C=O) groups excluding carboxylic acids is 1. The van der Waals surface area contributed by atoms with Crippen molar-refractivity contribution in [1.82, 2.24) is 0 Å². The van der Waals surface area contributed by atoms with Crippen molar-refractivity contribution in [3.63, 3.8) is 0 Å². The summed E-state index contributed by atoms with van der Waals surface area (Å²) in [5, 5.41) is 8.77. The molecule has 0 radical (unpaired) electrons. The van der Waals surface area contributed by atoms with Crippen LogP contribution in [-0.2, 0) is 4.79 Å². The summed E-state index contributed by atoms with van der Waals surface area (Å²) < 4.78 is 0. The molecule has 4 nitrogen and oxygen atoms in total. The van der Waals surface area contributed by atoms with Crippen LogP contribution in [0.25, 0.3) is 0 Å². The number of rotatable bonds is 1. The molecule has 1 aliphatic rings. The van der Waals surface area contributed by atoms with Gasteiger partial charge in [0.15, 0.2) is 0 Å². The van der Waals surface area contributed by atoms with Crippen LogP contribution in [0.4, 0.5) is 11.4 Å². The number of amides is 1. The van der Waals surface area contributed by atoms with Crippen molar-refractivity contribution in [3.05, 3.63) is 59.7 Å². The van der Waals surface area contributed by atoms with E-state index >= 15 is 0 Å². The number of benzene rings is 2. The molecule has 0 unspecified atom stereocenters. The Bertz CT molecular complexity index is 754. The van der Waals surface area contributed by atoms with E-state index in [4.69, 9.17) is 5.26 Å². The van der Waals surface area contributed by atoms with E-state index in [1.807, 2.05) is 24.3 Å². The first kappa shape index (κ1) is 12.1. The van der Waals surface area contributed by atoms with Crippen LogP contribution >= 0.6 is 0 Å². The normalized spacial score (nSPS) is 15.3. The summed E-state index contributed by atoms with van der Waals surface area (Å²) in [5.41, 5.74) is 3.38. The number of likely N-dealkylation sites (N-methyl/N-ethyl adjacent to an activating group) is 1. The van der Waals surface area contributed by atoms with Crippen LogP contribution in [0.5, 0.6) is 0 Å². The highest BCUT2D eigenvalue weighted by Gasteiger charge is 2.30. The van der Waals surface area contributed by atoms with Crippen LogP contribution < -0.4 is 4.90 Å². The first-order chi connectivity index (χ1) is 9.70. The minimum atomic E-state index is -0.115. The summed E-state index contributed by atoms with van der Waals surface area (Å²) in [4.78, 5) is 18.2. The summed E-state index contributed by atoms with van der Waals surface area (Å²) in [6.07, 6.45) is 0. The van der Waals surface area contributed by atoms with E-state index < -0.39 is 0 Å². The van der Waals surface area contributed by atoms with Gasteiger partial charge in [-0.2, -0.15) is 5.26 Å². The average Bonchev–Trinajstić information content (AvgIpc) is 2.74. The maximum Gasteiger partial charge on any atom is 0.277 e.